The summed E-state index contributed by atoms with van der Waals surface area (Å²) in [6.45, 7) is 5.17. The van der Waals surface area contributed by atoms with Crippen molar-refractivity contribution in [1.29, 1.82) is 0 Å². The summed E-state index contributed by atoms with van der Waals surface area (Å²) >= 11 is 0. The van der Waals surface area contributed by atoms with Gasteiger partial charge in [0.1, 0.15) is 0 Å². The lowest BCUT2D eigenvalue weighted by Gasteiger charge is -2.09. The van der Waals surface area contributed by atoms with Crippen molar-refractivity contribution in [1.82, 2.24) is 4.98 Å². The van der Waals surface area contributed by atoms with E-state index in [2.05, 4.69) is 4.98 Å². The first-order valence-corrected chi connectivity index (χ1v) is 4.32. The van der Waals surface area contributed by atoms with Crippen LogP contribution in [0.4, 0.5) is 23.2 Å². The maximum atomic E-state index is 12.9. The number of hydrogen-bond donors (Lipinski definition) is 1. The molecule has 1 aromatic rings. The van der Waals surface area contributed by atoms with Crippen LogP contribution < -0.4 is 5.73 Å². The summed E-state index contributed by atoms with van der Waals surface area (Å²) in [7, 11) is 0. The molecule has 0 aromatic carbocycles. The Balaban J connectivity index is 0.000000921. The van der Waals surface area contributed by atoms with Gasteiger partial charge in [-0.3, -0.25) is 0 Å². The molecule has 1 aromatic heterocycles. The Kier molecular flexibility index (Phi) is 4.51. The van der Waals surface area contributed by atoms with E-state index in [-0.39, 0.29) is 11.3 Å². The maximum Gasteiger partial charge on any atom is 0.436 e. The van der Waals surface area contributed by atoms with Gasteiger partial charge in [0.2, 0.25) is 0 Å². The van der Waals surface area contributed by atoms with Gasteiger partial charge in [-0.1, -0.05) is 13.8 Å². The molecule has 0 bridgehead atoms. The summed E-state index contributed by atoms with van der Waals surface area (Å²) in [5, 5.41) is 0. The zero-order valence-corrected chi connectivity index (χ0v) is 8.61. The third-order valence-corrected chi connectivity index (χ3v) is 1.57. The fourth-order valence-electron chi connectivity index (χ4n) is 0.790. The van der Waals surface area contributed by atoms with Crippen molar-refractivity contribution >= 4 is 5.69 Å². The number of nitrogen functional groups attached to an aromatic ring is 1. The SMILES string of the molecule is CC.Cc1c(N)cnc(C(F)(F)F)c1F. The summed E-state index contributed by atoms with van der Waals surface area (Å²) in [6, 6.07) is 0. The predicted octanol–water partition coefficient (Wildman–Crippen LogP) is 3.16. The Labute approximate surface area is 85.1 Å². The van der Waals surface area contributed by atoms with Gasteiger partial charge in [0.05, 0.1) is 11.9 Å². The lowest BCUT2D eigenvalue weighted by Crippen LogP contribution is -2.13. The normalized spacial score (nSPS) is 10.6. The molecular formula is C9H12F4N2. The number of halogens is 4. The molecule has 2 nitrogen and oxygen atoms in total. The van der Waals surface area contributed by atoms with Crippen molar-refractivity contribution in [3.8, 4) is 0 Å². The van der Waals surface area contributed by atoms with Crippen LogP contribution in [0.5, 0.6) is 0 Å². The molecule has 0 unspecified atom stereocenters. The van der Waals surface area contributed by atoms with Crippen molar-refractivity contribution in [3.63, 3.8) is 0 Å². The highest BCUT2D eigenvalue weighted by molar-refractivity contribution is 5.45. The van der Waals surface area contributed by atoms with Crippen LogP contribution in [0.25, 0.3) is 0 Å². The largest absolute Gasteiger partial charge is 0.436 e. The lowest BCUT2D eigenvalue weighted by molar-refractivity contribution is -0.143. The number of alkyl halides is 3. The van der Waals surface area contributed by atoms with Gasteiger partial charge in [-0.05, 0) is 6.92 Å². The highest BCUT2D eigenvalue weighted by Gasteiger charge is 2.36. The molecule has 0 saturated carbocycles. The standard InChI is InChI=1S/C7H6F4N2.C2H6/c1-3-4(12)2-13-6(5(3)8)7(9,10)11;1-2/h2H,12H2,1H3;1-2H3. The van der Waals surface area contributed by atoms with Gasteiger partial charge in [-0.2, -0.15) is 13.2 Å². The zero-order valence-electron chi connectivity index (χ0n) is 8.61. The summed E-state index contributed by atoms with van der Waals surface area (Å²) in [5.41, 5.74) is 3.31. The first-order chi connectivity index (χ1) is 6.84. The number of nitrogens with two attached hydrogens (primary N) is 1. The highest BCUT2D eigenvalue weighted by Crippen LogP contribution is 2.31. The lowest BCUT2D eigenvalue weighted by atomic mass is 10.2. The van der Waals surface area contributed by atoms with Gasteiger partial charge in [0.15, 0.2) is 11.5 Å². The highest BCUT2D eigenvalue weighted by atomic mass is 19.4. The van der Waals surface area contributed by atoms with E-state index in [9.17, 15) is 17.6 Å². The number of hydrogen-bond acceptors (Lipinski definition) is 2. The topological polar surface area (TPSA) is 38.9 Å². The smallest absolute Gasteiger partial charge is 0.397 e. The van der Waals surface area contributed by atoms with Crippen LogP contribution in [0.15, 0.2) is 6.20 Å². The van der Waals surface area contributed by atoms with E-state index in [0.717, 1.165) is 6.20 Å². The molecule has 1 heterocycles. The second-order valence-corrected chi connectivity index (χ2v) is 2.50. The Morgan fingerprint density at radius 2 is 1.73 bits per heavy atom. The van der Waals surface area contributed by atoms with E-state index in [1.165, 1.54) is 6.92 Å². The van der Waals surface area contributed by atoms with Crippen molar-refractivity contribution in [2.75, 3.05) is 5.73 Å². The van der Waals surface area contributed by atoms with E-state index in [4.69, 9.17) is 5.73 Å². The molecule has 0 aliphatic heterocycles. The quantitative estimate of drug-likeness (QED) is 0.687. The molecule has 1 rings (SSSR count). The van der Waals surface area contributed by atoms with Crippen molar-refractivity contribution in [3.05, 3.63) is 23.3 Å². The molecule has 0 amide bonds. The minimum atomic E-state index is -4.78. The van der Waals surface area contributed by atoms with Gasteiger partial charge in [-0.25, -0.2) is 9.37 Å². The summed E-state index contributed by atoms with van der Waals surface area (Å²) in [4.78, 5) is 2.88. The molecule has 15 heavy (non-hydrogen) atoms. The van der Waals surface area contributed by atoms with Crippen LogP contribution in [0.2, 0.25) is 0 Å². The summed E-state index contributed by atoms with van der Waals surface area (Å²) < 4.78 is 48.9. The van der Waals surface area contributed by atoms with Crippen LogP contribution in [-0.4, -0.2) is 4.98 Å². The van der Waals surface area contributed by atoms with Crippen molar-refractivity contribution in [2.45, 2.75) is 26.9 Å². The van der Waals surface area contributed by atoms with E-state index >= 15 is 0 Å². The Morgan fingerprint density at radius 3 is 2.13 bits per heavy atom. The average Bonchev–Trinajstić information content (AvgIpc) is 2.15. The molecule has 2 N–H and O–H groups in total. The third-order valence-electron chi connectivity index (χ3n) is 1.57. The molecule has 0 aliphatic rings. The fraction of sp³-hybridized carbons (Fsp3) is 0.444. The Morgan fingerprint density at radius 1 is 1.27 bits per heavy atom. The minimum Gasteiger partial charge on any atom is -0.397 e. The molecule has 0 radical (unpaired) electrons. The molecule has 0 saturated heterocycles. The van der Waals surface area contributed by atoms with Crippen molar-refractivity contribution < 1.29 is 17.6 Å². The van der Waals surface area contributed by atoms with Crippen LogP contribution in [-0.2, 0) is 6.18 Å². The molecule has 0 fully saturated rings. The van der Waals surface area contributed by atoms with Gasteiger partial charge < -0.3 is 5.73 Å². The summed E-state index contributed by atoms with van der Waals surface area (Å²) in [6.07, 6.45) is -3.98. The first kappa shape index (κ1) is 13.7. The Hall–Kier alpha value is -1.33. The maximum absolute atomic E-state index is 12.9. The monoisotopic (exact) mass is 224 g/mol. The second kappa shape index (κ2) is 4.95. The molecule has 0 aliphatic carbocycles. The van der Waals surface area contributed by atoms with Gasteiger partial charge >= 0.3 is 6.18 Å². The average molecular weight is 224 g/mol. The molecular weight excluding hydrogens is 212 g/mol. The number of rotatable bonds is 0. The van der Waals surface area contributed by atoms with Gasteiger partial charge in [0.25, 0.3) is 0 Å². The van der Waals surface area contributed by atoms with E-state index < -0.39 is 17.7 Å². The van der Waals surface area contributed by atoms with Crippen molar-refractivity contribution in [2.24, 2.45) is 0 Å². The molecule has 6 heteroatoms. The van der Waals surface area contributed by atoms with Gasteiger partial charge in [0, 0.05) is 5.56 Å². The molecule has 0 spiro atoms. The predicted molar refractivity (Wildman–Crippen MR) is 49.7 cm³/mol. The number of nitrogens with zero attached hydrogens (tertiary/aromatic N) is 1. The first-order valence-electron chi connectivity index (χ1n) is 4.32. The number of aromatic nitrogens is 1. The van der Waals surface area contributed by atoms with E-state index in [1.54, 1.807) is 0 Å². The van der Waals surface area contributed by atoms with E-state index in [1.807, 2.05) is 13.8 Å². The number of anilines is 1. The third kappa shape index (κ3) is 3.07. The molecule has 0 atom stereocenters. The second-order valence-electron chi connectivity index (χ2n) is 2.50. The zero-order chi connectivity index (χ0) is 12.2. The molecule has 86 valence electrons. The van der Waals surface area contributed by atoms with E-state index in [0.29, 0.717) is 0 Å². The van der Waals surface area contributed by atoms with Crippen LogP contribution >= 0.6 is 0 Å². The van der Waals surface area contributed by atoms with Crippen LogP contribution in [0, 0.1) is 12.7 Å². The minimum absolute atomic E-state index is 0.0921. The van der Waals surface area contributed by atoms with Crippen LogP contribution in [0.1, 0.15) is 25.1 Å². The summed E-state index contributed by atoms with van der Waals surface area (Å²) in [5.74, 6) is -1.41. The Bertz CT molecular complexity index is 334. The van der Waals surface area contributed by atoms with Gasteiger partial charge in [-0.15, -0.1) is 0 Å². The number of pyridine rings is 1. The fourth-order valence-corrected chi connectivity index (χ4v) is 0.790. The van der Waals surface area contributed by atoms with Crippen LogP contribution in [0.3, 0.4) is 0 Å².